The first-order chi connectivity index (χ1) is 12.1. The van der Waals surface area contributed by atoms with Crippen molar-refractivity contribution in [2.24, 2.45) is 7.05 Å². The highest BCUT2D eigenvalue weighted by Crippen LogP contribution is 2.35. The van der Waals surface area contributed by atoms with E-state index in [-0.39, 0.29) is 6.10 Å². The van der Waals surface area contributed by atoms with Crippen LogP contribution in [0.5, 0.6) is 0 Å². The largest absolute Gasteiger partial charge is 0.377 e. The highest BCUT2D eigenvalue weighted by Gasteiger charge is 2.46. The van der Waals surface area contributed by atoms with Crippen molar-refractivity contribution in [2.75, 3.05) is 46.9 Å². The van der Waals surface area contributed by atoms with Gasteiger partial charge in [-0.15, -0.1) is 0 Å². The highest BCUT2D eigenvalue weighted by atomic mass is 32.2. The van der Waals surface area contributed by atoms with Crippen LogP contribution in [-0.4, -0.2) is 86.1 Å². The summed E-state index contributed by atoms with van der Waals surface area (Å²) in [7, 11) is 2.15. The first-order valence-corrected chi connectivity index (χ1v) is 10.5. The molecule has 2 saturated heterocycles. The standard InChI is InChI=1S/C17H30N4O4S/c1-13-16(14(2)20(5)18-13)26(22,23)21-8-9-24-12-17(11-21)7-6-15(25-17)10-19(3)4/h15H,6-12H2,1-5H3/t15-,17-/m1/s1. The maximum Gasteiger partial charge on any atom is 0.246 e. The fourth-order valence-corrected chi connectivity index (χ4v) is 5.88. The first kappa shape index (κ1) is 19.8. The van der Waals surface area contributed by atoms with Gasteiger partial charge in [0.2, 0.25) is 10.0 Å². The second-order valence-electron chi connectivity index (χ2n) is 7.74. The van der Waals surface area contributed by atoms with Crippen LogP contribution in [-0.2, 0) is 26.5 Å². The van der Waals surface area contributed by atoms with Gasteiger partial charge in [-0.05, 0) is 40.8 Å². The predicted octanol–water partition coefficient (Wildman–Crippen LogP) is 0.537. The number of nitrogens with zero attached hydrogens (tertiary/aromatic N) is 4. The van der Waals surface area contributed by atoms with Crippen molar-refractivity contribution in [1.82, 2.24) is 19.0 Å². The van der Waals surface area contributed by atoms with Crippen molar-refractivity contribution in [2.45, 2.75) is 43.3 Å². The molecule has 0 saturated carbocycles. The average Bonchev–Trinajstić information content (AvgIpc) is 2.93. The van der Waals surface area contributed by atoms with Crippen molar-refractivity contribution >= 4 is 10.0 Å². The van der Waals surface area contributed by atoms with Crippen LogP contribution in [0.15, 0.2) is 4.90 Å². The molecule has 0 bridgehead atoms. The Hall–Kier alpha value is -1.00. The first-order valence-electron chi connectivity index (χ1n) is 9.05. The second kappa shape index (κ2) is 7.20. The third kappa shape index (κ3) is 3.68. The smallest absolute Gasteiger partial charge is 0.246 e. The van der Waals surface area contributed by atoms with Crippen LogP contribution in [0.1, 0.15) is 24.2 Å². The van der Waals surface area contributed by atoms with Crippen molar-refractivity contribution < 1.29 is 17.9 Å². The average molecular weight is 387 g/mol. The summed E-state index contributed by atoms with van der Waals surface area (Å²) < 4.78 is 41.9. The molecule has 2 aliphatic heterocycles. The summed E-state index contributed by atoms with van der Waals surface area (Å²) >= 11 is 0. The zero-order valence-electron chi connectivity index (χ0n) is 16.4. The van der Waals surface area contributed by atoms with Crippen molar-refractivity contribution in [1.29, 1.82) is 0 Å². The van der Waals surface area contributed by atoms with E-state index >= 15 is 0 Å². The van der Waals surface area contributed by atoms with Crippen LogP contribution in [0.4, 0.5) is 0 Å². The molecule has 2 fully saturated rings. The lowest BCUT2D eigenvalue weighted by atomic mass is 10.0. The van der Waals surface area contributed by atoms with E-state index < -0.39 is 15.6 Å². The van der Waals surface area contributed by atoms with Gasteiger partial charge in [0.15, 0.2) is 0 Å². The maximum absolute atomic E-state index is 13.3. The van der Waals surface area contributed by atoms with E-state index in [0.29, 0.717) is 42.6 Å². The Morgan fingerprint density at radius 2 is 2.08 bits per heavy atom. The fourth-order valence-electron chi connectivity index (χ4n) is 3.99. The zero-order valence-corrected chi connectivity index (χ0v) is 17.2. The Morgan fingerprint density at radius 1 is 1.35 bits per heavy atom. The Bertz CT molecular complexity index is 761. The Labute approximate surface area is 156 Å². The van der Waals surface area contributed by atoms with Gasteiger partial charge in [-0.2, -0.15) is 9.40 Å². The molecule has 1 aromatic rings. The molecule has 1 spiro atoms. The van der Waals surface area contributed by atoms with Crippen LogP contribution >= 0.6 is 0 Å². The molecule has 3 rings (SSSR count). The van der Waals surface area contributed by atoms with Gasteiger partial charge in [-0.25, -0.2) is 8.42 Å². The molecular weight excluding hydrogens is 356 g/mol. The zero-order chi connectivity index (χ0) is 19.1. The summed E-state index contributed by atoms with van der Waals surface area (Å²) in [6, 6.07) is 0. The van der Waals surface area contributed by atoms with E-state index in [1.807, 2.05) is 14.1 Å². The topological polar surface area (TPSA) is 76.9 Å². The maximum atomic E-state index is 13.3. The lowest BCUT2D eigenvalue weighted by Gasteiger charge is -2.32. The molecular formula is C17H30N4O4S. The molecule has 0 aromatic carbocycles. The molecule has 9 heteroatoms. The van der Waals surface area contributed by atoms with E-state index in [1.54, 1.807) is 25.6 Å². The summed E-state index contributed by atoms with van der Waals surface area (Å²) in [5, 5.41) is 4.27. The number of ether oxygens (including phenoxy) is 2. The summed E-state index contributed by atoms with van der Waals surface area (Å²) in [4.78, 5) is 2.40. The Morgan fingerprint density at radius 3 is 2.69 bits per heavy atom. The van der Waals surface area contributed by atoms with Gasteiger partial charge in [-0.3, -0.25) is 4.68 Å². The molecule has 0 unspecified atom stereocenters. The molecule has 0 radical (unpaired) electrons. The molecule has 8 nitrogen and oxygen atoms in total. The summed E-state index contributed by atoms with van der Waals surface area (Å²) in [6.45, 7) is 5.83. The summed E-state index contributed by atoms with van der Waals surface area (Å²) in [6.07, 6.45) is 1.83. The Balaban J connectivity index is 1.86. The van der Waals surface area contributed by atoms with Crippen LogP contribution in [0.3, 0.4) is 0 Å². The fraction of sp³-hybridized carbons (Fsp3) is 0.824. The molecule has 1 aromatic heterocycles. The number of aryl methyl sites for hydroxylation is 2. The van der Waals surface area contributed by atoms with Crippen molar-refractivity contribution in [3.63, 3.8) is 0 Å². The molecule has 0 amide bonds. The molecule has 148 valence electrons. The number of rotatable bonds is 4. The third-order valence-corrected chi connectivity index (χ3v) is 7.36. The molecule has 2 atom stereocenters. The van der Waals surface area contributed by atoms with Gasteiger partial charge < -0.3 is 14.4 Å². The lowest BCUT2D eigenvalue weighted by molar-refractivity contribution is -0.0858. The van der Waals surface area contributed by atoms with Crippen LogP contribution in [0.2, 0.25) is 0 Å². The van der Waals surface area contributed by atoms with Crippen LogP contribution in [0.25, 0.3) is 0 Å². The van der Waals surface area contributed by atoms with E-state index in [9.17, 15) is 8.42 Å². The van der Waals surface area contributed by atoms with Gasteiger partial charge in [0.25, 0.3) is 0 Å². The van der Waals surface area contributed by atoms with E-state index in [2.05, 4.69) is 10.00 Å². The van der Waals surface area contributed by atoms with Gasteiger partial charge >= 0.3 is 0 Å². The third-order valence-electron chi connectivity index (χ3n) is 5.26. The molecule has 3 heterocycles. The van der Waals surface area contributed by atoms with Crippen LogP contribution < -0.4 is 0 Å². The summed E-state index contributed by atoms with van der Waals surface area (Å²) in [5.41, 5.74) is 0.621. The van der Waals surface area contributed by atoms with Gasteiger partial charge in [0.05, 0.1) is 30.7 Å². The summed E-state index contributed by atoms with van der Waals surface area (Å²) in [5.74, 6) is 0. The molecule has 26 heavy (non-hydrogen) atoms. The van der Waals surface area contributed by atoms with Crippen molar-refractivity contribution in [3.05, 3.63) is 11.4 Å². The SMILES string of the molecule is Cc1nn(C)c(C)c1S(=O)(=O)N1CCOC[C@@]2(CC[C@H](CN(C)C)O2)C1. The number of hydrogen-bond acceptors (Lipinski definition) is 6. The monoisotopic (exact) mass is 386 g/mol. The van der Waals surface area contributed by atoms with E-state index in [0.717, 1.165) is 19.4 Å². The minimum absolute atomic E-state index is 0.109. The molecule has 2 aliphatic rings. The second-order valence-corrected chi connectivity index (χ2v) is 9.61. The number of aromatic nitrogens is 2. The Kier molecular flexibility index (Phi) is 5.47. The lowest BCUT2D eigenvalue weighted by Crippen LogP contribution is -2.47. The van der Waals surface area contributed by atoms with Gasteiger partial charge in [-0.1, -0.05) is 0 Å². The number of hydrogen-bond donors (Lipinski definition) is 0. The number of likely N-dealkylation sites (N-methyl/N-ethyl adjacent to an activating group) is 1. The minimum Gasteiger partial charge on any atom is -0.377 e. The molecule has 0 N–H and O–H groups in total. The normalized spacial score (nSPS) is 28.2. The van der Waals surface area contributed by atoms with Crippen LogP contribution in [0, 0.1) is 13.8 Å². The van der Waals surface area contributed by atoms with Crippen molar-refractivity contribution in [3.8, 4) is 0 Å². The van der Waals surface area contributed by atoms with E-state index in [1.165, 1.54) is 4.31 Å². The van der Waals surface area contributed by atoms with E-state index in [4.69, 9.17) is 9.47 Å². The molecule has 0 aliphatic carbocycles. The van der Waals surface area contributed by atoms with Gasteiger partial charge in [0.1, 0.15) is 10.5 Å². The number of sulfonamides is 1. The van der Waals surface area contributed by atoms with Gasteiger partial charge in [0, 0.05) is 26.7 Å². The predicted molar refractivity (Wildman–Crippen MR) is 97.7 cm³/mol. The quantitative estimate of drug-likeness (QED) is 0.752. The minimum atomic E-state index is -3.65. The highest BCUT2D eigenvalue weighted by molar-refractivity contribution is 7.89.